The SMILES string of the molecule is CCCCCCCCCCCCCCCCCCCCCCC(=O)OC(COC(=O)CCCCCCCCCCCCCCC)COP(=O)([O-])OCC[N+](C)(C)C. The molecule has 2 unspecified atom stereocenters. The summed E-state index contributed by atoms with van der Waals surface area (Å²) in [4.78, 5) is 37.6. The van der Waals surface area contributed by atoms with Crippen molar-refractivity contribution in [1.29, 1.82) is 0 Å². The molecule has 0 amide bonds. The first-order valence-corrected chi connectivity index (χ1v) is 25.7. The van der Waals surface area contributed by atoms with E-state index < -0.39 is 26.5 Å². The minimum absolute atomic E-state index is 0.0255. The molecule has 0 N–H and O–H groups in total. The van der Waals surface area contributed by atoms with Crippen LogP contribution in [-0.4, -0.2) is 70.0 Å². The molecule has 0 spiro atoms. The Morgan fingerprint density at radius 3 is 1.12 bits per heavy atom. The average molecular weight is 832 g/mol. The minimum atomic E-state index is -4.62. The van der Waals surface area contributed by atoms with Gasteiger partial charge in [0.1, 0.15) is 19.8 Å². The Morgan fingerprint density at radius 2 is 0.789 bits per heavy atom. The summed E-state index contributed by atoms with van der Waals surface area (Å²) < 4.78 is 34.0. The number of likely N-dealkylation sites (N-methyl/N-ethyl adjacent to an activating group) is 1. The third-order valence-electron chi connectivity index (χ3n) is 10.9. The van der Waals surface area contributed by atoms with Gasteiger partial charge in [-0.05, 0) is 12.8 Å². The number of unbranched alkanes of at least 4 members (excludes halogenated alkanes) is 31. The van der Waals surface area contributed by atoms with Crippen molar-refractivity contribution in [2.45, 2.75) is 245 Å². The van der Waals surface area contributed by atoms with Gasteiger partial charge in [0.05, 0.1) is 27.7 Å². The molecule has 57 heavy (non-hydrogen) atoms. The molecule has 0 aliphatic carbocycles. The number of carbonyl (C=O) groups is 2. The molecule has 0 aromatic heterocycles. The highest BCUT2D eigenvalue weighted by atomic mass is 31.2. The van der Waals surface area contributed by atoms with Gasteiger partial charge in [0.15, 0.2) is 6.10 Å². The van der Waals surface area contributed by atoms with Crippen molar-refractivity contribution in [2.75, 3.05) is 47.5 Å². The standard InChI is InChI=1S/C47H94NO8P/c1-6-8-10-12-14-16-18-20-21-22-23-24-25-26-28-30-32-34-36-38-40-47(50)56-45(44-55-57(51,52)54-42-41-48(3,4)5)43-53-46(49)39-37-35-33-31-29-27-19-17-15-13-11-9-7-2/h45H,6-44H2,1-5H3. The van der Waals surface area contributed by atoms with E-state index in [9.17, 15) is 19.0 Å². The summed E-state index contributed by atoms with van der Waals surface area (Å²) in [6, 6.07) is 0. The molecule has 0 heterocycles. The van der Waals surface area contributed by atoms with Gasteiger partial charge < -0.3 is 27.9 Å². The maximum Gasteiger partial charge on any atom is 0.306 e. The molecular weight excluding hydrogens is 737 g/mol. The molecule has 10 heteroatoms. The fourth-order valence-corrected chi connectivity index (χ4v) is 7.80. The van der Waals surface area contributed by atoms with Crippen molar-refractivity contribution in [1.82, 2.24) is 0 Å². The quantitative estimate of drug-likeness (QED) is 0.0258. The predicted octanol–water partition coefficient (Wildman–Crippen LogP) is 13.3. The normalized spacial score (nSPS) is 13.4. The highest BCUT2D eigenvalue weighted by Crippen LogP contribution is 2.38. The van der Waals surface area contributed by atoms with E-state index in [-0.39, 0.29) is 32.0 Å². The molecule has 0 aromatic carbocycles. The summed E-state index contributed by atoms with van der Waals surface area (Å²) in [5, 5.41) is 0. The first-order chi connectivity index (χ1) is 27.5. The van der Waals surface area contributed by atoms with E-state index >= 15 is 0 Å². The highest BCUT2D eigenvalue weighted by molar-refractivity contribution is 7.45. The van der Waals surface area contributed by atoms with Gasteiger partial charge in [0.25, 0.3) is 7.82 Å². The zero-order valence-electron chi connectivity index (χ0n) is 38.3. The lowest BCUT2D eigenvalue weighted by atomic mass is 10.0. The summed E-state index contributed by atoms with van der Waals surface area (Å²) in [5.41, 5.74) is 0. The van der Waals surface area contributed by atoms with Crippen LogP contribution in [0.25, 0.3) is 0 Å². The van der Waals surface area contributed by atoms with E-state index in [1.165, 1.54) is 173 Å². The van der Waals surface area contributed by atoms with Crippen LogP contribution in [-0.2, 0) is 32.7 Å². The third-order valence-corrected chi connectivity index (χ3v) is 11.8. The Hall–Kier alpha value is -0.990. The summed E-state index contributed by atoms with van der Waals surface area (Å²) >= 11 is 0. The van der Waals surface area contributed by atoms with Crippen molar-refractivity contribution in [3.05, 3.63) is 0 Å². The van der Waals surface area contributed by atoms with Gasteiger partial charge >= 0.3 is 11.9 Å². The van der Waals surface area contributed by atoms with E-state index in [0.717, 1.165) is 32.1 Å². The van der Waals surface area contributed by atoms with Gasteiger partial charge in [0.2, 0.25) is 0 Å². The monoisotopic (exact) mass is 832 g/mol. The topological polar surface area (TPSA) is 111 Å². The number of quaternary nitrogens is 1. The van der Waals surface area contributed by atoms with E-state index in [1.807, 2.05) is 21.1 Å². The van der Waals surface area contributed by atoms with Crippen molar-refractivity contribution in [3.63, 3.8) is 0 Å². The van der Waals surface area contributed by atoms with Crippen LogP contribution in [0.15, 0.2) is 0 Å². The first-order valence-electron chi connectivity index (χ1n) is 24.2. The van der Waals surface area contributed by atoms with E-state index in [1.54, 1.807) is 0 Å². The number of carbonyl (C=O) groups excluding carboxylic acids is 2. The Labute approximate surface area is 353 Å². The number of hydrogen-bond donors (Lipinski definition) is 0. The molecule has 0 aliphatic heterocycles. The van der Waals surface area contributed by atoms with Crippen molar-refractivity contribution >= 4 is 19.8 Å². The Bertz CT molecular complexity index is 943. The number of hydrogen-bond acceptors (Lipinski definition) is 8. The Morgan fingerprint density at radius 1 is 0.474 bits per heavy atom. The van der Waals surface area contributed by atoms with Gasteiger partial charge in [-0.2, -0.15) is 0 Å². The average Bonchev–Trinajstić information content (AvgIpc) is 3.16. The number of ether oxygens (including phenoxy) is 2. The number of phosphoric ester groups is 1. The van der Waals surface area contributed by atoms with E-state index in [2.05, 4.69) is 13.8 Å². The lowest BCUT2D eigenvalue weighted by Crippen LogP contribution is -2.37. The molecule has 0 rings (SSSR count). The molecule has 340 valence electrons. The van der Waals surface area contributed by atoms with Crippen LogP contribution in [0.5, 0.6) is 0 Å². The zero-order valence-corrected chi connectivity index (χ0v) is 39.2. The van der Waals surface area contributed by atoms with E-state index in [4.69, 9.17) is 18.5 Å². The van der Waals surface area contributed by atoms with Crippen molar-refractivity contribution < 1.29 is 42.1 Å². The number of rotatable bonds is 45. The second kappa shape index (κ2) is 40.4. The van der Waals surface area contributed by atoms with Crippen LogP contribution >= 0.6 is 7.82 Å². The maximum absolute atomic E-state index is 12.7. The smallest absolute Gasteiger partial charge is 0.306 e. The molecule has 0 aromatic rings. The maximum atomic E-state index is 12.7. The largest absolute Gasteiger partial charge is 0.756 e. The van der Waals surface area contributed by atoms with Crippen molar-refractivity contribution in [2.24, 2.45) is 0 Å². The fraction of sp³-hybridized carbons (Fsp3) is 0.957. The second-order valence-corrected chi connectivity index (χ2v) is 19.3. The number of nitrogens with zero attached hydrogens (tertiary/aromatic N) is 1. The highest BCUT2D eigenvalue weighted by Gasteiger charge is 2.21. The Balaban J connectivity index is 4.22. The second-order valence-electron chi connectivity index (χ2n) is 17.8. The summed E-state index contributed by atoms with van der Waals surface area (Å²) in [5.74, 6) is -0.817. The van der Waals surface area contributed by atoms with Gasteiger partial charge in [-0.25, -0.2) is 0 Å². The molecule has 0 aliphatic rings. The predicted molar refractivity (Wildman–Crippen MR) is 236 cm³/mol. The molecule has 0 fully saturated rings. The minimum Gasteiger partial charge on any atom is -0.756 e. The number of phosphoric acid groups is 1. The van der Waals surface area contributed by atoms with Crippen LogP contribution in [0, 0.1) is 0 Å². The summed E-state index contributed by atoms with van der Waals surface area (Å²) in [7, 11) is 1.18. The van der Waals surface area contributed by atoms with Crippen LogP contribution in [0.1, 0.15) is 239 Å². The molecule has 0 radical (unpaired) electrons. The summed E-state index contributed by atoms with van der Waals surface area (Å²) in [6.07, 6.45) is 41.3. The lowest BCUT2D eigenvalue weighted by Gasteiger charge is -2.28. The van der Waals surface area contributed by atoms with Gasteiger partial charge in [-0.3, -0.25) is 14.2 Å². The molecule has 0 bridgehead atoms. The molecule has 0 saturated heterocycles. The molecule has 2 atom stereocenters. The third kappa shape index (κ3) is 44.4. The van der Waals surface area contributed by atoms with Crippen LogP contribution in [0.2, 0.25) is 0 Å². The van der Waals surface area contributed by atoms with Gasteiger partial charge in [0, 0.05) is 12.8 Å². The van der Waals surface area contributed by atoms with E-state index in [0.29, 0.717) is 17.4 Å². The lowest BCUT2D eigenvalue weighted by molar-refractivity contribution is -0.870. The Kier molecular flexibility index (Phi) is 39.7. The zero-order chi connectivity index (χ0) is 42.1. The molecule has 0 saturated carbocycles. The summed E-state index contributed by atoms with van der Waals surface area (Å²) in [6.45, 7) is 4.28. The van der Waals surface area contributed by atoms with Gasteiger partial charge in [-0.15, -0.1) is 0 Å². The number of esters is 2. The van der Waals surface area contributed by atoms with Crippen molar-refractivity contribution in [3.8, 4) is 0 Å². The van der Waals surface area contributed by atoms with Crippen LogP contribution < -0.4 is 4.89 Å². The van der Waals surface area contributed by atoms with Crippen LogP contribution in [0.3, 0.4) is 0 Å². The van der Waals surface area contributed by atoms with Crippen LogP contribution in [0.4, 0.5) is 0 Å². The van der Waals surface area contributed by atoms with Gasteiger partial charge in [-0.1, -0.05) is 213 Å². The molecular formula is C47H94NO8P. The molecule has 9 nitrogen and oxygen atoms in total. The first kappa shape index (κ1) is 56.0. The fourth-order valence-electron chi connectivity index (χ4n) is 7.07.